The van der Waals surface area contributed by atoms with Crippen LogP contribution in [0, 0.1) is 11.6 Å². The number of rotatable bonds is 4. The highest BCUT2D eigenvalue weighted by atomic mass is 35.5. The van der Waals surface area contributed by atoms with E-state index in [1.165, 1.54) is 11.4 Å². The van der Waals surface area contributed by atoms with Crippen molar-refractivity contribution in [3.05, 3.63) is 65.0 Å². The zero-order valence-corrected chi connectivity index (χ0v) is 16.0. The number of benzene rings is 2. The van der Waals surface area contributed by atoms with Crippen LogP contribution in [-0.4, -0.2) is 17.4 Å². The summed E-state index contributed by atoms with van der Waals surface area (Å²) in [4.78, 5) is 17.5. The van der Waals surface area contributed by atoms with Crippen molar-refractivity contribution in [1.29, 1.82) is 0 Å². The molecule has 1 amide bonds. The molecule has 0 saturated carbocycles. The molecule has 154 valence electrons. The molecule has 1 aromatic heterocycles. The summed E-state index contributed by atoms with van der Waals surface area (Å²) in [6.45, 7) is -0.416. The summed E-state index contributed by atoms with van der Waals surface area (Å²) in [5.41, 5.74) is 4.84. The fourth-order valence-corrected chi connectivity index (χ4v) is 3.30. The highest BCUT2D eigenvalue weighted by Crippen LogP contribution is 2.35. The molecule has 2 N–H and O–H groups in total. The maximum absolute atomic E-state index is 14.0. The van der Waals surface area contributed by atoms with Gasteiger partial charge in [0.05, 0.1) is 23.5 Å². The SMILES string of the molecule is Cl.NCC(=O)N(c1ccc(C(F)(F)F)cc1)c1nc(-c2ccc(F)cc2F)cs1. The number of anilines is 2. The van der Waals surface area contributed by atoms with Crippen molar-refractivity contribution in [3.63, 3.8) is 0 Å². The van der Waals surface area contributed by atoms with E-state index in [0.29, 0.717) is 6.07 Å². The van der Waals surface area contributed by atoms with Crippen molar-refractivity contribution in [2.24, 2.45) is 5.73 Å². The van der Waals surface area contributed by atoms with Gasteiger partial charge >= 0.3 is 6.18 Å². The fourth-order valence-electron chi connectivity index (χ4n) is 2.44. The molecule has 4 nitrogen and oxygen atoms in total. The minimum absolute atomic E-state index is 0. The molecular weight excluding hydrogens is 437 g/mol. The Morgan fingerprint density at radius 2 is 1.76 bits per heavy atom. The van der Waals surface area contributed by atoms with Gasteiger partial charge in [-0.2, -0.15) is 13.2 Å². The number of hydrogen-bond donors (Lipinski definition) is 1. The van der Waals surface area contributed by atoms with Crippen LogP contribution in [0.4, 0.5) is 32.8 Å². The summed E-state index contributed by atoms with van der Waals surface area (Å²) in [5.74, 6) is -2.19. The smallest absolute Gasteiger partial charge is 0.322 e. The minimum atomic E-state index is -4.52. The van der Waals surface area contributed by atoms with Crippen LogP contribution in [0.1, 0.15) is 5.56 Å². The van der Waals surface area contributed by atoms with Gasteiger partial charge in [-0.05, 0) is 36.4 Å². The van der Waals surface area contributed by atoms with E-state index in [1.54, 1.807) is 0 Å². The van der Waals surface area contributed by atoms with Gasteiger partial charge in [-0.25, -0.2) is 13.8 Å². The highest BCUT2D eigenvalue weighted by Gasteiger charge is 2.31. The van der Waals surface area contributed by atoms with E-state index < -0.39 is 35.8 Å². The molecule has 0 radical (unpaired) electrons. The third kappa shape index (κ3) is 4.89. The second-order valence-corrected chi connectivity index (χ2v) is 6.45. The molecule has 0 spiro atoms. The Morgan fingerprint density at radius 1 is 1.10 bits per heavy atom. The summed E-state index contributed by atoms with van der Waals surface area (Å²) >= 11 is 0.969. The molecular formula is C18H13ClF5N3OS. The molecule has 3 rings (SSSR count). The second-order valence-electron chi connectivity index (χ2n) is 5.62. The number of alkyl halides is 3. The van der Waals surface area contributed by atoms with E-state index in [1.807, 2.05) is 0 Å². The molecule has 0 bridgehead atoms. The van der Waals surface area contributed by atoms with Crippen molar-refractivity contribution in [2.45, 2.75) is 6.18 Å². The van der Waals surface area contributed by atoms with Crippen LogP contribution in [0.2, 0.25) is 0 Å². The lowest BCUT2D eigenvalue weighted by molar-refractivity contribution is -0.137. The van der Waals surface area contributed by atoms with Crippen LogP contribution in [0.15, 0.2) is 47.8 Å². The summed E-state index contributed by atoms with van der Waals surface area (Å²) in [7, 11) is 0. The van der Waals surface area contributed by atoms with Gasteiger partial charge in [0, 0.05) is 17.0 Å². The molecule has 1 heterocycles. The number of aromatic nitrogens is 1. The molecule has 0 aliphatic carbocycles. The fraction of sp³-hybridized carbons (Fsp3) is 0.111. The van der Waals surface area contributed by atoms with E-state index in [0.717, 1.165) is 46.6 Å². The number of amides is 1. The maximum Gasteiger partial charge on any atom is 0.416 e. The zero-order valence-electron chi connectivity index (χ0n) is 14.4. The Balaban J connectivity index is 0.00000300. The number of halogens is 6. The summed E-state index contributed by atoms with van der Waals surface area (Å²) in [5, 5.41) is 1.54. The van der Waals surface area contributed by atoms with E-state index >= 15 is 0 Å². The quantitative estimate of drug-likeness (QED) is 0.560. The Morgan fingerprint density at radius 3 is 2.31 bits per heavy atom. The van der Waals surface area contributed by atoms with Gasteiger partial charge in [-0.15, -0.1) is 23.7 Å². The first kappa shape index (κ1) is 22.7. The molecule has 3 aromatic rings. The summed E-state index contributed by atoms with van der Waals surface area (Å²) in [6, 6.07) is 6.88. The topological polar surface area (TPSA) is 59.2 Å². The monoisotopic (exact) mass is 449 g/mol. The van der Waals surface area contributed by atoms with Gasteiger partial charge in [0.2, 0.25) is 5.91 Å². The van der Waals surface area contributed by atoms with Gasteiger partial charge in [-0.3, -0.25) is 9.69 Å². The Kier molecular flexibility index (Phi) is 6.93. The lowest BCUT2D eigenvalue weighted by Gasteiger charge is -2.20. The Bertz CT molecular complexity index is 1010. The zero-order chi connectivity index (χ0) is 20.5. The van der Waals surface area contributed by atoms with E-state index in [4.69, 9.17) is 5.73 Å². The third-order valence-corrected chi connectivity index (χ3v) is 4.59. The van der Waals surface area contributed by atoms with Crippen molar-refractivity contribution in [3.8, 4) is 11.3 Å². The predicted octanol–water partition coefficient (Wildman–Crippen LogP) is 5.15. The van der Waals surface area contributed by atoms with E-state index in [2.05, 4.69) is 4.98 Å². The summed E-state index contributed by atoms with van der Waals surface area (Å²) in [6.07, 6.45) is -4.52. The van der Waals surface area contributed by atoms with E-state index in [-0.39, 0.29) is 34.5 Å². The first-order valence-corrected chi connectivity index (χ1v) is 8.70. The number of nitrogens with zero attached hydrogens (tertiary/aromatic N) is 2. The first-order chi connectivity index (χ1) is 13.2. The Hall–Kier alpha value is -2.56. The van der Waals surface area contributed by atoms with Crippen molar-refractivity contribution < 1.29 is 26.7 Å². The molecule has 2 aromatic carbocycles. The van der Waals surface area contributed by atoms with Crippen molar-refractivity contribution in [1.82, 2.24) is 4.98 Å². The highest BCUT2D eigenvalue weighted by molar-refractivity contribution is 7.14. The van der Waals surface area contributed by atoms with Crippen LogP contribution in [0.3, 0.4) is 0 Å². The number of nitrogens with two attached hydrogens (primary N) is 1. The minimum Gasteiger partial charge on any atom is -0.322 e. The van der Waals surface area contributed by atoms with Gasteiger partial charge in [0.25, 0.3) is 0 Å². The molecule has 29 heavy (non-hydrogen) atoms. The number of thiazole rings is 1. The van der Waals surface area contributed by atoms with Crippen LogP contribution in [0.5, 0.6) is 0 Å². The number of carbonyl (C=O) groups excluding carboxylic acids is 1. The van der Waals surface area contributed by atoms with Crippen LogP contribution in [0.25, 0.3) is 11.3 Å². The van der Waals surface area contributed by atoms with Gasteiger partial charge in [0.15, 0.2) is 5.13 Å². The van der Waals surface area contributed by atoms with Gasteiger partial charge in [0.1, 0.15) is 11.6 Å². The molecule has 0 aliphatic heterocycles. The third-order valence-electron chi connectivity index (χ3n) is 3.77. The van der Waals surface area contributed by atoms with Crippen LogP contribution >= 0.6 is 23.7 Å². The standard InChI is InChI=1S/C18H12F5N3OS.ClH/c19-11-3-6-13(14(20)7-11)15-9-28-17(25-15)26(16(27)8-24)12-4-1-10(2-5-12)18(21,22)23;/h1-7,9H,8,24H2;1H. The average molecular weight is 450 g/mol. The Labute approximate surface area is 172 Å². The van der Waals surface area contributed by atoms with E-state index in [9.17, 15) is 26.7 Å². The number of carbonyl (C=O) groups is 1. The molecule has 0 aliphatic rings. The predicted molar refractivity (Wildman–Crippen MR) is 102 cm³/mol. The molecule has 11 heteroatoms. The lowest BCUT2D eigenvalue weighted by atomic mass is 10.1. The molecule has 0 atom stereocenters. The van der Waals surface area contributed by atoms with Crippen molar-refractivity contribution >= 4 is 40.5 Å². The second kappa shape index (κ2) is 8.85. The maximum atomic E-state index is 14.0. The van der Waals surface area contributed by atoms with Crippen LogP contribution < -0.4 is 10.6 Å². The van der Waals surface area contributed by atoms with Crippen molar-refractivity contribution in [2.75, 3.05) is 11.4 Å². The molecule has 0 fully saturated rings. The molecule has 0 unspecified atom stereocenters. The van der Waals surface area contributed by atoms with Gasteiger partial charge in [-0.1, -0.05) is 0 Å². The van der Waals surface area contributed by atoms with Gasteiger partial charge < -0.3 is 5.73 Å². The normalized spacial score (nSPS) is 11.1. The van der Waals surface area contributed by atoms with Crippen LogP contribution in [-0.2, 0) is 11.0 Å². The first-order valence-electron chi connectivity index (χ1n) is 7.82. The summed E-state index contributed by atoms with van der Waals surface area (Å²) < 4.78 is 65.3. The largest absolute Gasteiger partial charge is 0.416 e. The molecule has 0 saturated heterocycles. The average Bonchev–Trinajstić information content (AvgIpc) is 3.10. The lowest BCUT2D eigenvalue weighted by Crippen LogP contribution is -2.32. The number of hydrogen-bond acceptors (Lipinski definition) is 4.